The van der Waals surface area contributed by atoms with Gasteiger partial charge < -0.3 is 4.42 Å². The number of rotatable bonds is 1. The van der Waals surface area contributed by atoms with Crippen LogP contribution in [-0.2, 0) is 0 Å². The molecule has 1 fully saturated rings. The zero-order valence-corrected chi connectivity index (χ0v) is 8.95. The van der Waals surface area contributed by atoms with Crippen LogP contribution in [0.4, 0.5) is 4.39 Å². The average molecular weight is 218 g/mol. The molecule has 1 aliphatic rings. The Hall–Kier alpha value is -1.35. The van der Waals surface area contributed by atoms with Crippen LogP contribution in [0.25, 0.3) is 11.0 Å². The highest BCUT2D eigenvalue weighted by Gasteiger charge is 2.20. The van der Waals surface area contributed by atoms with Gasteiger partial charge in [0.25, 0.3) is 0 Å². The first-order valence-corrected chi connectivity index (χ1v) is 5.64. The van der Waals surface area contributed by atoms with Gasteiger partial charge in [-0.1, -0.05) is 0 Å². The summed E-state index contributed by atoms with van der Waals surface area (Å²) in [5.41, 5.74) is 1.92. The summed E-state index contributed by atoms with van der Waals surface area (Å²) in [4.78, 5) is 0. The standard InChI is InChI=1S/C13H13FNO/c14-10-1-2-13-11(7-10)12(8-16-13)9-3-5-15-6-4-9/h1-2,7-9H,3-6H2. The summed E-state index contributed by atoms with van der Waals surface area (Å²) in [6.45, 7) is 1.82. The van der Waals surface area contributed by atoms with Crippen molar-refractivity contribution in [3.05, 3.63) is 35.8 Å². The van der Waals surface area contributed by atoms with Crippen LogP contribution < -0.4 is 5.32 Å². The normalized spacial score (nSPS) is 18.1. The molecule has 0 N–H and O–H groups in total. The zero-order chi connectivity index (χ0) is 11.0. The monoisotopic (exact) mass is 218 g/mol. The SMILES string of the molecule is Fc1ccc2occ(C3CC[N]CC3)c2c1. The van der Waals surface area contributed by atoms with Crippen LogP contribution in [0.5, 0.6) is 0 Å². The lowest BCUT2D eigenvalue weighted by molar-refractivity contribution is 0.451. The molecule has 2 nitrogen and oxygen atoms in total. The van der Waals surface area contributed by atoms with E-state index in [0.29, 0.717) is 5.92 Å². The lowest BCUT2D eigenvalue weighted by Crippen LogP contribution is -2.20. The number of furan rings is 1. The van der Waals surface area contributed by atoms with E-state index < -0.39 is 0 Å². The lowest BCUT2D eigenvalue weighted by atomic mass is 9.90. The number of fused-ring (bicyclic) bond motifs is 1. The van der Waals surface area contributed by atoms with Gasteiger partial charge in [0.2, 0.25) is 0 Å². The third-order valence-corrected chi connectivity index (χ3v) is 3.28. The van der Waals surface area contributed by atoms with Gasteiger partial charge in [0, 0.05) is 24.0 Å². The molecule has 2 heterocycles. The first-order valence-electron chi connectivity index (χ1n) is 5.64. The van der Waals surface area contributed by atoms with Crippen LogP contribution in [0.15, 0.2) is 28.9 Å². The number of hydrogen-bond acceptors (Lipinski definition) is 1. The highest BCUT2D eigenvalue weighted by Crippen LogP contribution is 2.33. The number of halogens is 1. The molecule has 1 saturated heterocycles. The van der Waals surface area contributed by atoms with E-state index in [1.807, 2.05) is 0 Å². The second-order valence-corrected chi connectivity index (χ2v) is 4.28. The molecule has 0 amide bonds. The van der Waals surface area contributed by atoms with Crippen molar-refractivity contribution in [2.24, 2.45) is 0 Å². The third kappa shape index (κ3) is 1.61. The largest absolute Gasteiger partial charge is 0.464 e. The fourth-order valence-electron chi connectivity index (χ4n) is 2.40. The fraction of sp³-hybridized carbons (Fsp3) is 0.385. The minimum absolute atomic E-state index is 0.198. The minimum Gasteiger partial charge on any atom is -0.464 e. The molecule has 0 spiro atoms. The van der Waals surface area contributed by atoms with E-state index >= 15 is 0 Å². The molecule has 1 aliphatic heterocycles. The fourth-order valence-corrected chi connectivity index (χ4v) is 2.40. The maximum Gasteiger partial charge on any atom is 0.134 e. The first-order chi connectivity index (χ1) is 7.84. The quantitative estimate of drug-likeness (QED) is 0.722. The molecule has 3 heteroatoms. The molecule has 1 radical (unpaired) electrons. The average Bonchev–Trinajstić information content (AvgIpc) is 2.73. The Morgan fingerprint density at radius 3 is 2.88 bits per heavy atom. The number of hydrogen-bond donors (Lipinski definition) is 0. The van der Waals surface area contributed by atoms with Crippen LogP contribution in [0.2, 0.25) is 0 Å². The summed E-state index contributed by atoms with van der Waals surface area (Å²) in [6.07, 6.45) is 3.87. The Labute approximate surface area is 93.4 Å². The van der Waals surface area contributed by atoms with Crippen molar-refractivity contribution in [3.8, 4) is 0 Å². The number of nitrogens with zero attached hydrogens (tertiary/aromatic N) is 1. The van der Waals surface area contributed by atoms with Gasteiger partial charge in [-0.15, -0.1) is 0 Å². The van der Waals surface area contributed by atoms with Gasteiger partial charge in [0.05, 0.1) is 6.26 Å². The number of benzene rings is 1. The zero-order valence-electron chi connectivity index (χ0n) is 8.95. The van der Waals surface area contributed by atoms with Gasteiger partial charge in [-0.3, -0.25) is 0 Å². The molecule has 16 heavy (non-hydrogen) atoms. The predicted octanol–water partition coefficient (Wildman–Crippen LogP) is 3.05. The second kappa shape index (κ2) is 3.91. The minimum atomic E-state index is -0.198. The van der Waals surface area contributed by atoms with Crippen molar-refractivity contribution < 1.29 is 8.81 Å². The van der Waals surface area contributed by atoms with Crippen molar-refractivity contribution in [1.29, 1.82) is 0 Å². The molecule has 0 atom stereocenters. The summed E-state index contributed by atoms with van der Waals surface area (Å²) in [5.74, 6) is 0.274. The predicted molar refractivity (Wildman–Crippen MR) is 60.0 cm³/mol. The maximum absolute atomic E-state index is 13.2. The Morgan fingerprint density at radius 2 is 2.06 bits per heavy atom. The smallest absolute Gasteiger partial charge is 0.134 e. The lowest BCUT2D eigenvalue weighted by Gasteiger charge is -2.20. The second-order valence-electron chi connectivity index (χ2n) is 4.28. The highest BCUT2D eigenvalue weighted by molar-refractivity contribution is 5.81. The van der Waals surface area contributed by atoms with E-state index in [-0.39, 0.29) is 5.82 Å². The summed E-state index contributed by atoms with van der Waals surface area (Å²) >= 11 is 0. The third-order valence-electron chi connectivity index (χ3n) is 3.28. The molecule has 0 aliphatic carbocycles. The van der Waals surface area contributed by atoms with E-state index in [9.17, 15) is 4.39 Å². The molecule has 83 valence electrons. The van der Waals surface area contributed by atoms with Gasteiger partial charge in [0.1, 0.15) is 11.4 Å². The molecule has 0 saturated carbocycles. The van der Waals surface area contributed by atoms with Gasteiger partial charge >= 0.3 is 0 Å². The van der Waals surface area contributed by atoms with Crippen molar-refractivity contribution in [2.75, 3.05) is 13.1 Å². The van der Waals surface area contributed by atoms with Crippen LogP contribution >= 0.6 is 0 Å². The van der Waals surface area contributed by atoms with Gasteiger partial charge in [-0.05, 0) is 37.0 Å². The summed E-state index contributed by atoms with van der Waals surface area (Å²) in [7, 11) is 0. The van der Waals surface area contributed by atoms with Crippen molar-refractivity contribution in [2.45, 2.75) is 18.8 Å². The Bertz CT molecular complexity index is 500. The molecular weight excluding hydrogens is 205 g/mol. The van der Waals surface area contributed by atoms with Crippen molar-refractivity contribution in [1.82, 2.24) is 5.32 Å². The van der Waals surface area contributed by atoms with Crippen LogP contribution in [-0.4, -0.2) is 13.1 Å². The van der Waals surface area contributed by atoms with E-state index in [0.717, 1.165) is 42.5 Å². The molecule has 1 aromatic carbocycles. The van der Waals surface area contributed by atoms with Gasteiger partial charge in [0.15, 0.2) is 0 Å². The molecule has 0 unspecified atom stereocenters. The topological polar surface area (TPSA) is 27.2 Å². The Balaban J connectivity index is 2.05. The molecule has 2 aromatic rings. The summed E-state index contributed by atoms with van der Waals surface area (Å²) < 4.78 is 18.7. The molecule has 3 rings (SSSR count). The Morgan fingerprint density at radius 1 is 1.25 bits per heavy atom. The molecule has 1 aromatic heterocycles. The van der Waals surface area contributed by atoms with Crippen LogP contribution in [0, 0.1) is 5.82 Å². The molecular formula is C13H13FNO. The van der Waals surface area contributed by atoms with E-state index in [1.54, 1.807) is 18.4 Å². The van der Waals surface area contributed by atoms with Gasteiger partial charge in [-0.2, -0.15) is 0 Å². The maximum atomic E-state index is 13.2. The van der Waals surface area contributed by atoms with Crippen LogP contribution in [0.1, 0.15) is 24.3 Å². The van der Waals surface area contributed by atoms with Crippen LogP contribution in [0.3, 0.4) is 0 Å². The van der Waals surface area contributed by atoms with Crippen molar-refractivity contribution in [3.63, 3.8) is 0 Å². The number of piperidine rings is 1. The first kappa shape index (κ1) is 9.85. The van der Waals surface area contributed by atoms with E-state index in [4.69, 9.17) is 4.42 Å². The van der Waals surface area contributed by atoms with Gasteiger partial charge in [-0.25, -0.2) is 9.71 Å². The summed E-state index contributed by atoms with van der Waals surface area (Å²) in [6, 6.07) is 4.70. The summed E-state index contributed by atoms with van der Waals surface area (Å²) in [5, 5.41) is 5.25. The van der Waals surface area contributed by atoms with E-state index in [1.165, 1.54) is 6.07 Å². The Kier molecular flexibility index (Phi) is 2.40. The highest BCUT2D eigenvalue weighted by atomic mass is 19.1. The molecule has 0 bridgehead atoms. The van der Waals surface area contributed by atoms with E-state index in [2.05, 4.69) is 5.32 Å². The van der Waals surface area contributed by atoms with Crippen molar-refractivity contribution >= 4 is 11.0 Å².